The van der Waals surface area contributed by atoms with E-state index in [-0.39, 0.29) is 5.75 Å². The van der Waals surface area contributed by atoms with Gasteiger partial charge in [0.2, 0.25) is 5.89 Å². The second-order valence-electron chi connectivity index (χ2n) is 4.78. The third-order valence-electron chi connectivity index (χ3n) is 2.93. The molecule has 0 radical (unpaired) electrons. The lowest BCUT2D eigenvalue weighted by Crippen LogP contribution is -2.25. The summed E-state index contributed by atoms with van der Waals surface area (Å²) in [6, 6.07) is 9.17. The zero-order valence-corrected chi connectivity index (χ0v) is 12.4. The first kappa shape index (κ1) is 15.7. The van der Waals surface area contributed by atoms with Crippen LogP contribution in [0.15, 0.2) is 34.7 Å². The second kappa shape index (κ2) is 6.38. The van der Waals surface area contributed by atoms with Crippen LogP contribution in [0, 0.1) is 6.92 Å². The monoisotopic (exact) mass is 311 g/mol. The Hall–Kier alpha value is -1.70. The molecule has 1 unspecified atom stereocenters. The highest BCUT2D eigenvalue weighted by Gasteiger charge is 2.21. The minimum absolute atomic E-state index is 0.319. The number of aliphatic hydroxyl groups is 2. The summed E-state index contributed by atoms with van der Waals surface area (Å²) in [5.41, 5.74) is 1.08. The molecule has 21 heavy (non-hydrogen) atoms. The van der Waals surface area contributed by atoms with Crippen molar-refractivity contribution in [3.05, 3.63) is 41.8 Å². The highest BCUT2D eigenvalue weighted by atomic mass is 32.2. The number of rotatable bonds is 6. The van der Waals surface area contributed by atoms with Crippen LogP contribution in [-0.2, 0) is 15.6 Å². The lowest BCUT2D eigenvalue weighted by atomic mass is 10.2. The van der Waals surface area contributed by atoms with E-state index in [1.165, 1.54) is 0 Å². The highest BCUT2D eigenvalue weighted by molar-refractivity contribution is 7.90. The topological polar surface area (TPSA) is 101 Å². The minimum atomic E-state index is -3.57. The van der Waals surface area contributed by atoms with Gasteiger partial charge in [-0.2, -0.15) is 0 Å². The first-order chi connectivity index (χ1) is 9.91. The van der Waals surface area contributed by atoms with Crippen LogP contribution in [-0.4, -0.2) is 42.1 Å². The molecule has 2 aromatic rings. The van der Waals surface area contributed by atoms with Gasteiger partial charge in [-0.15, -0.1) is 0 Å². The van der Waals surface area contributed by atoms with E-state index in [0.29, 0.717) is 17.3 Å². The van der Waals surface area contributed by atoms with Gasteiger partial charge in [-0.25, -0.2) is 13.4 Å². The molecule has 7 heteroatoms. The Morgan fingerprint density at radius 2 is 1.95 bits per heavy atom. The minimum Gasteiger partial charge on any atom is -0.441 e. The van der Waals surface area contributed by atoms with Gasteiger partial charge in [0.05, 0.1) is 29.9 Å². The number of benzene rings is 1. The van der Waals surface area contributed by atoms with Crippen LogP contribution in [0.4, 0.5) is 0 Å². The van der Waals surface area contributed by atoms with Crippen molar-refractivity contribution >= 4 is 9.84 Å². The molecule has 1 heterocycles. The Balaban J connectivity index is 2.21. The molecule has 0 spiro atoms. The average Bonchev–Trinajstić information content (AvgIpc) is 2.80. The molecule has 0 saturated heterocycles. The first-order valence-corrected chi connectivity index (χ1v) is 8.24. The summed E-state index contributed by atoms with van der Waals surface area (Å²) < 4.78 is 29.3. The molecule has 0 aliphatic heterocycles. The van der Waals surface area contributed by atoms with E-state index in [0.717, 1.165) is 5.56 Å². The average molecular weight is 311 g/mol. The van der Waals surface area contributed by atoms with E-state index >= 15 is 0 Å². The van der Waals surface area contributed by atoms with Gasteiger partial charge in [0.25, 0.3) is 0 Å². The van der Waals surface area contributed by atoms with Gasteiger partial charge in [-0.3, -0.25) is 0 Å². The molecule has 2 rings (SSSR count). The van der Waals surface area contributed by atoms with E-state index < -0.39 is 28.3 Å². The van der Waals surface area contributed by atoms with Crippen molar-refractivity contribution in [3.63, 3.8) is 0 Å². The van der Waals surface area contributed by atoms with Gasteiger partial charge in [0.1, 0.15) is 5.76 Å². The van der Waals surface area contributed by atoms with Crippen LogP contribution in [0.3, 0.4) is 0 Å². The van der Waals surface area contributed by atoms with E-state index in [9.17, 15) is 13.5 Å². The summed E-state index contributed by atoms with van der Waals surface area (Å²) >= 11 is 0. The Bertz CT molecular complexity index is 693. The Kier molecular flexibility index (Phi) is 4.76. The molecule has 2 N–H and O–H groups in total. The molecule has 0 fully saturated rings. The molecule has 1 aromatic carbocycles. The summed E-state index contributed by atoms with van der Waals surface area (Å²) in [5.74, 6) is -0.0418. The fraction of sp³-hybridized carbons (Fsp3) is 0.357. The van der Waals surface area contributed by atoms with Crippen LogP contribution in [0.2, 0.25) is 0 Å². The Morgan fingerprint density at radius 3 is 2.57 bits per heavy atom. The van der Waals surface area contributed by atoms with Crippen molar-refractivity contribution in [3.8, 4) is 11.5 Å². The van der Waals surface area contributed by atoms with Gasteiger partial charge in [-0.1, -0.05) is 18.2 Å². The maximum atomic E-state index is 11.9. The molecule has 114 valence electrons. The number of aliphatic hydroxyl groups excluding tert-OH is 2. The summed E-state index contributed by atoms with van der Waals surface area (Å²) in [4.78, 5) is 4.21. The van der Waals surface area contributed by atoms with Gasteiger partial charge in [-0.05, 0) is 19.1 Å². The molecule has 0 aliphatic carbocycles. The summed E-state index contributed by atoms with van der Waals surface area (Å²) in [7, 11) is -3.57. The number of sulfone groups is 1. The van der Waals surface area contributed by atoms with Crippen molar-refractivity contribution < 1.29 is 23.0 Å². The molecule has 6 nitrogen and oxygen atoms in total. The second-order valence-corrected chi connectivity index (χ2v) is 6.89. The number of nitrogens with zero attached hydrogens (tertiary/aromatic N) is 1. The summed E-state index contributed by atoms with van der Waals surface area (Å²) in [6.45, 7) is 1.05. The molecule has 1 atom stereocenters. The fourth-order valence-electron chi connectivity index (χ4n) is 1.88. The fourth-order valence-corrected chi connectivity index (χ4v) is 3.37. The number of aryl methyl sites for hydroxylation is 1. The predicted octanol–water partition coefficient (Wildman–Crippen LogP) is 0.918. The maximum Gasteiger partial charge on any atom is 0.226 e. The van der Waals surface area contributed by atoms with Gasteiger partial charge < -0.3 is 14.6 Å². The molecular formula is C14H17NO5S. The first-order valence-electron chi connectivity index (χ1n) is 6.42. The highest BCUT2D eigenvalue weighted by Crippen LogP contribution is 2.22. The predicted molar refractivity (Wildman–Crippen MR) is 77.3 cm³/mol. The normalized spacial score (nSPS) is 13.3. The largest absolute Gasteiger partial charge is 0.441 e. The smallest absolute Gasteiger partial charge is 0.226 e. The van der Waals surface area contributed by atoms with E-state index in [2.05, 4.69) is 4.98 Å². The van der Waals surface area contributed by atoms with Gasteiger partial charge in [0.15, 0.2) is 9.84 Å². The maximum absolute atomic E-state index is 11.9. The van der Waals surface area contributed by atoms with E-state index in [1.54, 1.807) is 6.92 Å². The van der Waals surface area contributed by atoms with Crippen molar-refractivity contribution in [2.75, 3.05) is 12.4 Å². The van der Waals surface area contributed by atoms with Crippen LogP contribution in [0.5, 0.6) is 0 Å². The number of hydrogen-bond acceptors (Lipinski definition) is 6. The molecule has 0 bridgehead atoms. The quantitative estimate of drug-likeness (QED) is 0.822. The van der Waals surface area contributed by atoms with Crippen LogP contribution in [0.1, 0.15) is 11.5 Å². The zero-order chi connectivity index (χ0) is 15.5. The van der Waals surface area contributed by atoms with Crippen molar-refractivity contribution in [1.82, 2.24) is 4.98 Å². The number of aromatic nitrogens is 1. The lowest BCUT2D eigenvalue weighted by molar-refractivity contribution is 0.112. The Morgan fingerprint density at radius 1 is 1.29 bits per heavy atom. The lowest BCUT2D eigenvalue weighted by Gasteiger charge is -2.07. The molecule has 0 saturated carbocycles. The zero-order valence-electron chi connectivity index (χ0n) is 11.6. The van der Waals surface area contributed by atoms with Crippen molar-refractivity contribution in [2.24, 2.45) is 0 Å². The van der Waals surface area contributed by atoms with E-state index in [1.807, 2.05) is 30.3 Å². The van der Waals surface area contributed by atoms with E-state index in [4.69, 9.17) is 9.52 Å². The van der Waals surface area contributed by atoms with Crippen molar-refractivity contribution in [1.29, 1.82) is 0 Å². The molecule has 0 aliphatic rings. The van der Waals surface area contributed by atoms with Crippen LogP contribution < -0.4 is 0 Å². The number of hydrogen-bond donors (Lipinski definition) is 2. The third-order valence-corrected chi connectivity index (χ3v) is 4.53. The standard InChI is InChI=1S/C14H17NO5S/c1-10-13(9-21(18,19)8-12(17)7-16)15-14(20-10)11-5-3-2-4-6-11/h2-6,12,16-17H,7-9H2,1H3. The third kappa shape index (κ3) is 4.13. The van der Waals surface area contributed by atoms with Crippen molar-refractivity contribution in [2.45, 2.75) is 18.8 Å². The van der Waals surface area contributed by atoms with Gasteiger partial charge in [0, 0.05) is 5.56 Å². The Labute approximate surface area is 123 Å². The molecule has 1 aromatic heterocycles. The molecule has 0 amide bonds. The summed E-state index contributed by atoms with van der Waals surface area (Å²) in [6.07, 6.45) is -1.28. The summed E-state index contributed by atoms with van der Waals surface area (Å²) in [5, 5.41) is 18.0. The molecular weight excluding hydrogens is 294 g/mol. The van der Waals surface area contributed by atoms with Gasteiger partial charge >= 0.3 is 0 Å². The SMILES string of the molecule is Cc1oc(-c2ccccc2)nc1CS(=O)(=O)CC(O)CO. The van der Waals surface area contributed by atoms with Crippen LogP contribution in [0.25, 0.3) is 11.5 Å². The number of oxazole rings is 1. The van der Waals surface area contributed by atoms with Crippen LogP contribution >= 0.6 is 0 Å².